The third-order valence-electron chi connectivity index (χ3n) is 2.57. The number of aryl methyl sites for hydroxylation is 1. The number of hydrogen-bond donors (Lipinski definition) is 1. The molecule has 86 valence electrons. The normalized spacial score (nSPS) is 10.2. The number of aromatic hydroxyl groups is 1. The van der Waals surface area contributed by atoms with Gasteiger partial charge in [-0.3, -0.25) is 4.79 Å². The monoisotopic (exact) mass is 246 g/mol. The van der Waals surface area contributed by atoms with Crippen LogP contribution in [0.4, 0.5) is 0 Å². The number of carbonyl (C=O) groups is 1. The van der Waals surface area contributed by atoms with Crippen LogP contribution in [0.2, 0.25) is 5.02 Å². The molecule has 0 saturated carbocycles. The van der Waals surface area contributed by atoms with Crippen LogP contribution in [0.25, 0.3) is 0 Å². The summed E-state index contributed by atoms with van der Waals surface area (Å²) in [5.74, 6) is -0.203. The maximum atomic E-state index is 12.2. The van der Waals surface area contributed by atoms with Crippen LogP contribution in [0, 0.1) is 6.92 Å². The second kappa shape index (κ2) is 4.60. The average molecular weight is 247 g/mol. The molecule has 3 heteroatoms. The van der Waals surface area contributed by atoms with Crippen LogP contribution in [0.5, 0.6) is 5.75 Å². The molecule has 2 aromatic carbocycles. The van der Waals surface area contributed by atoms with Crippen LogP contribution >= 0.6 is 11.6 Å². The van der Waals surface area contributed by atoms with Gasteiger partial charge in [-0.05, 0) is 30.7 Å². The fourth-order valence-electron chi connectivity index (χ4n) is 1.63. The molecule has 0 aromatic heterocycles. The Morgan fingerprint density at radius 1 is 1.18 bits per heavy atom. The number of ketones is 1. The van der Waals surface area contributed by atoms with Crippen molar-refractivity contribution in [2.24, 2.45) is 0 Å². The highest BCUT2D eigenvalue weighted by Gasteiger charge is 2.14. The van der Waals surface area contributed by atoms with E-state index in [1.165, 1.54) is 0 Å². The Morgan fingerprint density at radius 2 is 1.88 bits per heavy atom. The van der Waals surface area contributed by atoms with E-state index < -0.39 is 0 Å². The number of phenols is 1. The van der Waals surface area contributed by atoms with Crippen molar-refractivity contribution in [1.29, 1.82) is 0 Å². The molecule has 0 heterocycles. The highest BCUT2D eigenvalue weighted by molar-refractivity contribution is 6.31. The zero-order valence-corrected chi connectivity index (χ0v) is 10.0. The maximum Gasteiger partial charge on any atom is 0.196 e. The molecule has 0 spiro atoms. The SMILES string of the molecule is Cc1cccc(C(=O)c2cccc(Cl)c2)c1O. The summed E-state index contributed by atoms with van der Waals surface area (Å²) in [4.78, 5) is 12.2. The van der Waals surface area contributed by atoms with Gasteiger partial charge in [0.1, 0.15) is 5.75 Å². The van der Waals surface area contributed by atoms with Crippen molar-refractivity contribution in [3.05, 3.63) is 64.2 Å². The Balaban J connectivity index is 2.48. The van der Waals surface area contributed by atoms with E-state index in [0.29, 0.717) is 21.7 Å². The van der Waals surface area contributed by atoms with E-state index in [1.54, 1.807) is 49.4 Å². The lowest BCUT2D eigenvalue weighted by molar-refractivity contribution is 0.103. The van der Waals surface area contributed by atoms with Gasteiger partial charge >= 0.3 is 0 Å². The topological polar surface area (TPSA) is 37.3 Å². The van der Waals surface area contributed by atoms with Crippen molar-refractivity contribution >= 4 is 17.4 Å². The number of para-hydroxylation sites is 1. The molecule has 0 radical (unpaired) electrons. The first-order valence-corrected chi connectivity index (χ1v) is 5.56. The fourth-order valence-corrected chi connectivity index (χ4v) is 1.82. The van der Waals surface area contributed by atoms with Crippen LogP contribution in [-0.4, -0.2) is 10.9 Å². The van der Waals surface area contributed by atoms with Crippen molar-refractivity contribution in [2.45, 2.75) is 6.92 Å². The third-order valence-corrected chi connectivity index (χ3v) is 2.80. The van der Waals surface area contributed by atoms with E-state index in [4.69, 9.17) is 11.6 Å². The minimum atomic E-state index is -0.228. The molecule has 2 nitrogen and oxygen atoms in total. The van der Waals surface area contributed by atoms with E-state index in [2.05, 4.69) is 0 Å². The van der Waals surface area contributed by atoms with Crippen LogP contribution < -0.4 is 0 Å². The van der Waals surface area contributed by atoms with Crippen LogP contribution in [0.1, 0.15) is 21.5 Å². The first-order valence-electron chi connectivity index (χ1n) is 5.18. The minimum absolute atomic E-state index is 0.0254. The number of benzene rings is 2. The molecule has 0 aliphatic rings. The second-order valence-electron chi connectivity index (χ2n) is 3.81. The van der Waals surface area contributed by atoms with Gasteiger partial charge in [-0.1, -0.05) is 35.9 Å². The lowest BCUT2D eigenvalue weighted by Gasteiger charge is -2.06. The molecule has 0 aliphatic heterocycles. The van der Waals surface area contributed by atoms with E-state index in [9.17, 15) is 9.90 Å². The fraction of sp³-hybridized carbons (Fsp3) is 0.0714. The molecule has 1 N–H and O–H groups in total. The molecule has 0 bridgehead atoms. The second-order valence-corrected chi connectivity index (χ2v) is 4.25. The van der Waals surface area contributed by atoms with E-state index >= 15 is 0 Å². The summed E-state index contributed by atoms with van der Waals surface area (Å²) >= 11 is 5.83. The first-order chi connectivity index (χ1) is 8.09. The Bertz CT molecular complexity index is 576. The van der Waals surface area contributed by atoms with Crippen molar-refractivity contribution < 1.29 is 9.90 Å². The smallest absolute Gasteiger partial charge is 0.196 e. The summed E-state index contributed by atoms with van der Waals surface area (Å²) in [5.41, 5.74) is 1.45. The van der Waals surface area contributed by atoms with Crippen LogP contribution in [0.3, 0.4) is 0 Å². The molecular formula is C14H11ClO2. The predicted octanol–water partition coefficient (Wildman–Crippen LogP) is 3.59. The van der Waals surface area contributed by atoms with Crippen molar-refractivity contribution in [1.82, 2.24) is 0 Å². The predicted molar refractivity (Wildman–Crippen MR) is 67.7 cm³/mol. The lowest BCUT2D eigenvalue weighted by atomic mass is 10.0. The molecule has 0 amide bonds. The van der Waals surface area contributed by atoms with E-state index in [1.807, 2.05) is 0 Å². The third kappa shape index (κ3) is 2.32. The van der Waals surface area contributed by atoms with Crippen molar-refractivity contribution in [2.75, 3.05) is 0 Å². The Kier molecular flexibility index (Phi) is 3.16. The molecule has 2 rings (SSSR count). The minimum Gasteiger partial charge on any atom is -0.507 e. The van der Waals surface area contributed by atoms with Gasteiger partial charge in [0.05, 0.1) is 5.56 Å². The quantitative estimate of drug-likeness (QED) is 0.823. The van der Waals surface area contributed by atoms with Gasteiger partial charge in [-0.25, -0.2) is 0 Å². The zero-order chi connectivity index (χ0) is 12.4. The number of hydrogen-bond acceptors (Lipinski definition) is 2. The zero-order valence-electron chi connectivity index (χ0n) is 9.27. The number of phenolic OH excluding ortho intramolecular Hbond substituents is 1. The summed E-state index contributed by atoms with van der Waals surface area (Å²) in [6.07, 6.45) is 0. The summed E-state index contributed by atoms with van der Waals surface area (Å²) < 4.78 is 0. The molecule has 2 aromatic rings. The summed E-state index contributed by atoms with van der Waals surface area (Å²) in [6.45, 7) is 1.75. The highest BCUT2D eigenvalue weighted by Crippen LogP contribution is 2.24. The maximum absolute atomic E-state index is 12.2. The lowest BCUT2D eigenvalue weighted by Crippen LogP contribution is -2.02. The largest absolute Gasteiger partial charge is 0.507 e. The summed E-state index contributed by atoms with van der Waals surface area (Å²) in [5, 5.41) is 10.3. The summed E-state index contributed by atoms with van der Waals surface area (Å²) in [7, 11) is 0. The Labute approximate surface area is 104 Å². The van der Waals surface area contributed by atoms with Gasteiger partial charge in [0.25, 0.3) is 0 Å². The highest BCUT2D eigenvalue weighted by atomic mass is 35.5. The Morgan fingerprint density at radius 3 is 2.59 bits per heavy atom. The van der Waals surface area contributed by atoms with E-state index in [0.717, 1.165) is 0 Å². The molecule has 0 fully saturated rings. The van der Waals surface area contributed by atoms with Gasteiger partial charge in [0, 0.05) is 10.6 Å². The van der Waals surface area contributed by atoms with Gasteiger partial charge in [0.2, 0.25) is 0 Å². The molecule has 0 unspecified atom stereocenters. The standard InChI is InChI=1S/C14H11ClO2/c1-9-4-2-7-12(13(9)16)14(17)10-5-3-6-11(15)8-10/h2-8,16H,1H3. The van der Waals surface area contributed by atoms with Crippen LogP contribution in [0.15, 0.2) is 42.5 Å². The number of rotatable bonds is 2. The van der Waals surface area contributed by atoms with Gasteiger partial charge in [0.15, 0.2) is 5.78 Å². The average Bonchev–Trinajstić information content (AvgIpc) is 2.32. The van der Waals surface area contributed by atoms with Crippen molar-refractivity contribution in [3.8, 4) is 5.75 Å². The van der Waals surface area contributed by atoms with Gasteiger partial charge < -0.3 is 5.11 Å². The number of halogens is 1. The van der Waals surface area contributed by atoms with Gasteiger partial charge in [-0.15, -0.1) is 0 Å². The van der Waals surface area contributed by atoms with E-state index in [-0.39, 0.29) is 11.5 Å². The Hall–Kier alpha value is -1.80. The molecule has 0 atom stereocenters. The van der Waals surface area contributed by atoms with Crippen LogP contribution in [-0.2, 0) is 0 Å². The molecular weight excluding hydrogens is 236 g/mol. The van der Waals surface area contributed by atoms with Crippen molar-refractivity contribution in [3.63, 3.8) is 0 Å². The first kappa shape index (κ1) is 11.7. The molecule has 17 heavy (non-hydrogen) atoms. The summed E-state index contributed by atoms with van der Waals surface area (Å²) in [6, 6.07) is 11.8. The van der Waals surface area contributed by atoms with Gasteiger partial charge in [-0.2, -0.15) is 0 Å². The number of carbonyl (C=O) groups excluding carboxylic acids is 1. The molecule has 0 aliphatic carbocycles. The molecule has 0 saturated heterocycles.